The highest BCUT2D eigenvalue weighted by atomic mass is 19.4. The van der Waals surface area contributed by atoms with E-state index in [1.54, 1.807) is 39.0 Å². The van der Waals surface area contributed by atoms with Gasteiger partial charge in [-0.05, 0) is 11.0 Å². The summed E-state index contributed by atoms with van der Waals surface area (Å²) in [5.41, 5.74) is -1.44. The van der Waals surface area contributed by atoms with Crippen LogP contribution in [0.1, 0.15) is 38.0 Å². The fraction of sp³-hybridized carbons (Fsp3) is 0.296. The number of rotatable bonds is 7. The Labute approximate surface area is 226 Å². The first-order chi connectivity index (χ1) is 18.8. The van der Waals surface area contributed by atoms with E-state index in [0.29, 0.717) is 5.56 Å². The molecular weight excluding hydrogens is 531 g/mol. The molecule has 4 rings (SSSR count). The Morgan fingerprint density at radius 2 is 1.55 bits per heavy atom. The number of aromatic nitrogens is 3. The SMILES string of the molecule is CNC(=O)[C@@H](NC(=O)[C@H](O)c1ccc(-c2noc(-c3onc(-c4ccccc4)c3C(F)(F)F)n2)cc1)C(C)(C)C. The molecule has 13 heteroatoms. The Hall–Kier alpha value is -4.52. The molecule has 0 saturated carbocycles. The highest BCUT2D eigenvalue weighted by Crippen LogP contribution is 2.43. The van der Waals surface area contributed by atoms with Crippen LogP contribution in [0.2, 0.25) is 0 Å². The predicted molar refractivity (Wildman–Crippen MR) is 136 cm³/mol. The Morgan fingerprint density at radius 1 is 0.900 bits per heavy atom. The molecule has 0 bridgehead atoms. The maximum absolute atomic E-state index is 14.0. The highest BCUT2D eigenvalue weighted by Gasteiger charge is 2.43. The van der Waals surface area contributed by atoms with Crippen LogP contribution in [0.5, 0.6) is 0 Å². The van der Waals surface area contributed by atoms with E-state index < -0.39 is 58.5 Å². The summed E-state index contributed by atoms with van der Waals surface area (Å²) < 4.78 is 52.0. The van der Waals surface area contributed by atoms with E-state index in [1.807, 2.05) is 0 Å². The zero-order chi connectivity index (χ0) is 29.2. The number of hydrogen-bond acceptors (Lipinski definition) is 8. The summed E-state index contributed by atoms with van der Waals surface area (Å²) in [6.45, 7) is 5.31. The molecule has 40 heavy (non-hydrogen) atoms. The predicted octanol–water partition coefficient (Wildman–Crippen LogP) is 4.39. The average molecular weight is 558 g/mol. The molecular formula is C27H26F3N5O5. The molecule has 4 aromatic rings. The van der Waals surface area contributed by atoms with Gasteiger partial charge in [-0.1, -0.05) is 85.7 Å². The molecule has 2 aromatic heterocycles. The van der Waals surface area contributed by atoms with Gasteiger partial charge in [0, 0.05) is 18.2 Å². The lowest BCUT2D eigenvalue weighted by atomic mass is 9.86. The van der Waals surface area contributed by atoms with Crippen molar-refractivity contribution in [3.63, 3.8) is 0 Å². The normalized spacial score (nSPS) is 13.5. The first kappa shape index (κ1) is 28.5. The average Bonchev–Trinajstić information content (AvgIpc) is 3.58. The number of aliphatic hydroxyl groups is 1. The van der Waals surface area contributed by atoms with Gasteiger partial charge in [-0.15, -0.1) is 0 Å². The van der Waals surface area contributed by atoms with Crippen molar-refractivity contribution in [3.05, 3.63) is 65.7 Å². The topological polar surface area (TPSA) is 143 Å². The minimum absolute atomic E-state index is 0.0568. The highest BCUT2D eigenvalue weighted by molar-refractivity contribution is 5.90. The van der Waals surface area contributed by atoms with Crippen LogP contribution >= 0.6 is 0 Å². The molecule has 0 aliphatic carbocycles. The molecule has 0 aliphatic heterocycles. The number of nitrogens with zero attached hydrogens (tertiary/aromatic N) is 3. The number of halogens is 3. The number of aliphatic hydroxyl groups excluding tert-OH is 1. The number of amides is 2. The third-order valence-corrected chi connectivity index (χ3v) is 6.04. The van der Waals surface area contributed by atoms with Gasteiger partial charge >= 0.3 is 6.18 Å². The van der Waals surface area contributed by atoms with Gasteiger partial charge < -0.3 is 24.8 Å². The molecule has 0 saturated heterocycles. The molecule has 0 aliphatic rings. The summed E-state index contributed by atoms with van der Waals surface area (Å²) >= 11 is 0. The van der Waals surface area contributed by atoms with E-state index >= 15 is 0 Å². The molecule has 0 fully saturated rings. The van der Waals surface area contributed by atoms with E-state index in [1.165, 1.54) is 43.4 Å². The second-order valence-corrected chi connectivity index (χ2v) is 9.97. The van der Waals surface area contributed by atoms with Gasteiger partial charge in [-0.25, -0.2) is 0 Å². The fourth-order valence-corrected chi connectivity index (χ4v) is 3.93. The Bertz CT molecular complexity index is 1490. The number of benzene rings is 2. The number of nitrogens with one attached hydrogen (secondary N) is 2. The maximum Gasteiger partial charge on any atom is 0.422 e. The zero-order valence-corrected chi connectivity index (χ0v) is 21.9. The molecule has 210 valence electrons. The van der Waals surface area contributed by atoms with Crippen molar-refractivity contribution in [2.45, 2.75) is 39.1 Å². The lowest BCUT2D eigenvalue weighted by Gasteiger charge is -2.30. The molecule has 2 atom stereocenters. The van der Waals surface area contributed by atoms with Crippen LogP contribution in [0, 0.1) is 5.41 Å². The van der Waals surface area contributed by atoms with Crippen molar-refractivity contribution < 1.29 is 36.9 Å². The van der Waals surface area contributed by atoms with Crippen LogP contribution in [0.3, 0.4) is 0 Å². The quantitative estimate of drug-likeness (QED) is 0.304. The Morgan fingerprint density at radius 3 is 2.12 bits per heavy atom. The van der Waals surface area contributed by atoms with Gasteiger partial charge in [0.25, 0.3) is 11.8 Å². The third-order valence-electron chi connectivity index (χ3n) is 6.04. The van der Waals surface area contributed by atoms with E-state index in [0.717, 1.165) is 0 Å². The monoisotopic (exact) mass is 557 g/mol. The summed E-state index contributed by atoms with van der Waals surface area (Å²) in [5, 5.41) is 22.9. The molecule has 10 nitrogen and oxygen atoms in total. The standard InChI is InChI=1S/C27H26F3N5O5/c1-26(2,3)21(24(38)31-4)32-23(37)19(36)15-10-12-16(13-11-15)22-33-25(40-35-22)20-17(27(28,29)30)18(34-39-20)14-8-6-5-7-9-14/h5-13,19,21,36H,1-4H3,(H,31,38)(H,32,37)/t19-,21-/m1/s1. The second-order valence-electron chi connectivity index (χ2n) is 9.97. The summed E-state index contributed by atoms with van der Waals surface area (Å²) in [5.74, 6) is -2.50. The van der Waals surface area contributed by atoms with Crippen molar-refractivity contribution in [1.29, 1.82) is 0 Å². The van der Waals surface area contributed by atoms with Crippen LogP contribution < -0.4 is 10.6 Å². The smallest absolute Gasteiger partial charge is 0.378 e. The van der Waals surface area contributed by atoms with Crippen LogP contribution in [0.15, 0.2) is 63.6 Å². The number of carbonyl (C=O) groups excluding carboxylic acids is 2. The van der Waals surface area contributed by atoms with Gasteiger partial charge in [0.05, 0.1) is 0 Å². The third kappa shape index (κ3) is 5.88. The molecule has 3 N–H and O–H groups in total. The van der Waals surface area contributed by atoms with Gasteiger partial charge in [0.1, 0.15) is 17.3 Å². The first-order valence-electron chi connectivity index (χ1n) is 12.1. The maximum atomic E-state index is 14.0. The molecule has 2 heterocycles. The van der Waals surface area contributed by atoms with E-state index in [9.17, 15) is 27.9 Å². The molecule has 0 radical (unpaired) electrons. The van der Waals surface area contributed by atoms with E-state index in [-0.39, 0.29) is 17.0 Å². The summed E-state index contributed by atoms with van der Waals surface area (Å²) in [6.07, 6.45) is -6.42. The summed E-state index contributed by atoms with van der Waals surface area (Å²) in [6, 6.07) is 12.6. The lowest BCUT2D eigenvalue weighted by Crippen LogP contribution is -2.53. The lowest BCUT2D eigenvalue weighted by molar-refractivity contribution is -0.137. The molecule has 2 amide bonds. The van der Waals surface area contributed by atoms with Crippen LogP contribution in [-0.4, -0.2) is 45.3 Å². The van der Waals surface area contributed by atoms with Crippen LogP contribution in [0.4, 0.5) is 13.2 Å². The van der Waals surface area contributed by atoms with Gasteiger partial charge in [0.15, 0.2) is 6.10 Å². The van der Waals surface area contributed by atoms with Crippen molar-refractivity contribution in [2.24, 2.45) is 5.41 Å². The van der Waals surface area contributed by atoms with Gasteiger partial charge in [-0.3, -0.25) is 9.59 Å². The largest absolute Gasteiger partial charge is 0.422 e. The van der Waals surface area contributed by atoms with Crippen molar-refractivity contribution in [3.8, 4) is 34.3 Å². The van der Waals surface area contributed by atoms with Crippen molar-refractivity contribution in [1.82, 2.24) is 25.9 Å². The minimum atomic E-state index is -4.82. The van der Waals surface area contributed by atoms with E-state index in [4.69, 9.17) is 9.05 Å². The minimum Gasteiger partial charge on any atom is -0.378 e. The number of alkyl halides is 3. The summed E-state index contributed by atoms with van der Waals surface area (Å²) in [7, 11) is 1.44. The Balaban J connectivity index is 1.56. The molecule has 0 unspecified atom stereocenters. The molecule has 0 spiro atoms. The van der Waals surface area contributed by atoms with Crippen LogP contribution in [-0.2, 0) is 15.8 Å². The van der Waals surface area contributed by atoms with Gasteiger partial charge in [-0.2, -0.15) is 18.2 Å². The van der Waals surface area contributed by atoms with Crippen LogP contribution in [0.25, 0.3) is 34.3 Å². The zero-order valence-electron chi connectivity index (χ0n) is 21.9. The molecule has 2 aromatic carbocycles. The second kappa shape index (κ2) is 10.9. The Kier molecular flexibility index (Phi) is 7.78. The summed E-state index contributed by atoms with van der Waals surface area (Å²) in [4.78, 5) is 28.9. The van der Waals surface area contributed by atoms with Gasteiger partial charge in [0.2, 0.25) is 17.5 Å². The number of likely N-dealkylation sites (N-methyl/N-ethyl adjacent to an activating group) is 1. The van der Waals surface area contributed by atoms with E-state index in [2.05, 4.69) is 25.9 Å². The van der Waals surface area contributed by atoms with Crippen molar-refractivity contribution in [2.75, 3.05) is 7.05 Å². The number of carbonyl (C=O) groups is 2. The first-order valence-corrected chi connectivity index (χ1v) is 12.1. The van der Waals surface area contributed by atoms with Crippen molar-refractivity contribution >= 4 is 11.8 Å². The fourth-order valence-electron chi connectivity index (χ4n) is 3.93. The number of hydrogen-bond donors (Lipinski definition) is 3.